The van der Waals surface area contributed by atoms with E-state index in [-0.39, 0.29) is 25.0 Å². The van der Waals surface area contributed by atoms with Crippen LogP contribution in [0.15, 0.2) is 6.20 Å². The third-order valence-electron chi connectivity index (χ3n) is 3.72. The molecule has 9 nitrogen and oxygen atoms in total. The number of carbonyl (C=O) groups excluding carboxylic acids is 3. The van der Waals surface area contributed by atoms with Crippen LogP contribution in [0.2, 0.25) is 0 Å². The van der Waals surface area contributed by atoms with Crippen LogP contribution in [0.3, 0.4) is 0 Å². The first-order valence-electron chi connectivity index (χ1n) is 7.03. The molecule has 4 amide bonds. The number of amides is 4. The van der Waals surface area contributed by atoms with Gasteiger partial charge in [0.1, 0.15) is 18.4 Å². The molecule has 22 heavy (non-hydrogen) atoms. The summed E-state index contributed by atoms with van der Waals surface area (Å²) < 4.78 is 5.42. The fraction of sp³-hybridized carbons (Fsp3) is 0.538. The van der Waals surface area contributed by atoms with Crippen molar-refractivity contribution in [2.45, 2.75) is 13.0 Å². The maximum absolute atomic E-state index is 12.5. The van der Waals surface area contributed by atoms with E-state index in [0.717, 1.165) is 10.6 Å². The van der Waals surface area contributed by atoms with Crippen molar-refractivity contribution >= 4 is 17.8 Å². The lowest BCUT2D eigenvalue weighted by molar-refractivity contribution is -0.143. The number of carbonyl (C=O) groups is 3. The summed E-state index contributed by atoms with van der Waals surface area (Å²) >= 11 is 0. The topological polar surface area (TPSA) is 108 Å². The predicted molar refractivity (Wildman–Crippen MR) is 73.7 cm³/mol. The van der Waals surface area contributed by atoms with Gasteiger partial charge in [-0.15, -0.1) is 0 Å². The van der Waals surface area contributed by atoms with Gasteiger partial charge >= 0.3 is 6.03 Å². The number of hydrogen-bond acceptors (Lipinski definition) is 5. The lowest BCUT2D eigenvalue weighted by Gasteiger charge is -2.35. The van der Waals surface area contributed by atoms with Crippen molar-refractivity contribution in [2.24, 2.45) is 0 Å². The number of aromatic nitrogens is 2. The van der Waals surface area contributed by atoms with E-state index in [9.17, 15) is 14.4 Å². The van der Waals surface area contributed by atoms with Gasteiger partial charge in [-0.2, -0.15) is 0 Å². The average molecular weight is 307 g/mol. The van der Waals surface area contributed by atoms with Gasteiger partial charge in [-0.3, -0.25) is 14.5 Å². The summed E-state index contributed by atoms with van der Waals surface area (Å²) in [6.07, 6.45) is 1.68. The predicted octanol–water partition coefficient (Wildman–Crippen LogP) is -0.830. The highest BCUT2D eigenvalue weighted by Gasteiger charge is 2.35. The number of aryl methyl sites for hydroxylation is 1. The first-order valence-corrected chi connectivity index (χ1v) is 7.03. The molecule has 2 saturated heterocycles. The fourth-order valence-electron chi connectivity index (χ4n) is 2.57. The number of nitrogens with one attached hydrogen (secondary N) is 2. The van der Waals surface area contributed by atoms with Gasteiger partial charge in [0.25, 0.3) is 5.91 Å². The number of ether oxygens (including phenoxy) is 1. The molecule has 0 unspecified atom stereocenters. The van der Waals surface area contributed by atoms with Crippen LogP contribution >= 0.6 is 0 Å². The van der Waals surface area contributed by atoms with E-state index < -0.39 is 11.9 Å². The molecule has 9 heteroatoms. The normalized spacial score (nSPS) is 22.1. The number of H-pyrrole nitrogens is 1. The van der Waals surface area contributed by atoms with Crippen LogP contribution in [0.1, 0.15) is 17.6 Å². The summed E-state index contributed by atoms with van der Waals surface area (Å²) in [7, 11) is 0. The van der Waals surface area contributed by atoms with Gasteiger partial charge in [0.15, 0.2) is 0 Å². The molecule has 3 rings (SSSR count). The van der Waals surface area contributed by atoms with Crippen molar-refractivity contribution in [1.29, 1.82) is 0 Å². The second kappa shape index (κ2) is 5.76. The van der Waals surface area contributed by atoms with Crippen LogP contribution in [-0.2, 0) is 14.3 Å². The van der Waals surface area contributed by atoms with Crippen LogP contribution in [0, 0.1) is 6.92 Å². The van der Waals surface area contributed by atoms with E-state index in [0.29, 0.717) is 25.6 Å². The highest BCUT2D eigenvalue weighted by Crippen LogP contribution is 2.22. The first-order chi connectivity index (χ1) is 10.6. The maximum Gasteiger partial charge on any atom is 0.325 e. The summed E-state index contributed by atoms with van der Waals surface area (Å²) in [4.78, 5) is 45.5. The van der Waals surface area contributed by atoms with Gasteiger partial charge in [-0.25, -0.2) is 9.78 Å². The summed E-state index contributed by atoms with van der Waals surface area (Å²) in [6, 6.07) is -0.868. The lowest BCUT2D eigenvalue weighted by Crippen LogP contribution is -2.49. The van der Waals surface area contributed by atoms with E-state index in [1.54, 1.807) is 11.1 Å². The Hall–Kier alpha value is -2.42. The zero-order chi connectivity index (χ0) is 15.7. The van der Waals surface area contributed by atoms with E-state index >= 15 is 0 Å². The molecule has 2 aliphatic rings. The third kappa shape index (κ3) is 2.67. The van der Waals surface area contributed by atoms with Gasteiger partial charge in [0, 0.05) is 18.4 Å². The molecule has 3 heterocycles. The number of aromatic amines is 1. The minimum Gasteiger partial charge on any atom is -0.377 e. The molecule has 0 bridgehead atoms. The molecule has 0 radical (unpaired) electrons. The standard InChI is InChI=1S/C13H17N5O4/c1-8-4-14-12(16-8)9-7-22-3-2-17(9)11(20)6-18-10(19)5-15-13(18)21/h4,9H,2-3,5-7H2,1H3,(H,14,16)(H,15,21)/t9-/m1/s1. The Balaban J connectivity index is 1.74. The van der Waals surface area contributed by atoms with Crippen molar-refractivity contribution < 1.29 is 19.1 Å². The van der Waals surface area contributed by atoms with Gasteiger partial charge in [0.2, 0.25) is 5.91 Å². The van der Waals surface area contributed by atoms with E-state index in [1.165, 1.54) is 0 Å². The third-order valence-corrected chi connectivity index (χ3v) is 3.72. The van der Waals surface area contributed by atoms with E-state index in [4.69, 9.17) is 4.74 Å². The minimum atomic E-state index is -0.531. The summed E-state index contributed by atoms with van der Waals surface area (Å²) in [5.41, 5.74) is 0.891. The van der Waals surface area contributed by atoms with E-state index in [2.05, 4.69) is 15.3 Å². The van der Waals surface area contributed by atoms with Crippen LogP contribution in [0.5, 0.6) is 0 Å². The first kappa shape index (κ1) is 14.5. The molecule has 1 aromatic heterocycles. The highest BCUT2D eigenvalue weighted by molar-refractivity contribution is 6.04. The van der Waals surface area contributed by atoms with Crippen LogP contribution in [-0.4, -0.2) is 70.5 Å². The zero-order valence-electron chi connectivity index (χ0n) is 12.2. The molecule has 2 N–H and O–H groups in total. The monoisotopic (exact) mass is 307 g/mol. The van der Waals surface area contributed by atoms with Crippen molar-refractivity contribution in [3.63, 3.8) is 0 Å². The zero-order valence-corrected chi connectivity index (χ0v) is 12.2. The minimum absolute atomic E-state index is 0.0595. The van der Waals surface area contributed by atoms with Crippen LogP contribution < -0.4 is 5.32 Å². The van der Waals surface area contributed by atoms with E-state index in [1.807, 2.05) is 6.92 Å². The molecule has 2 aliphatic heterocycles. The summed E-state index contributed by atoms with van der Waals surface area (Å²) in [5.74, 6) is -0.0486. The number of nitrogens with zero attached hydrogens (tertiary/aromatic N) is 3. The van der Waals surface area contributed by atoms with Crippen molar-refractivity contribution in [3.05, 3.63) is 17.7 Å². The van der Waals surface area contributed by atoms with Crippen molar-refractivity contribution in [1.82, 2.24) is 25.1 Å². The molecule has 0 aliphatic carbocycles. The second-order valence-electron chi connectivity index (χ2n) is 5.27. The highest BCUT2D eigenvalue weighted by atomic mass is 16.5. The second-order valence-corrected chi connectivity index (χ2v) is 5.27. The molecule has 0 saturated carbocycles. The van der Waals surface area contributed by atoms with Gasteiger partial charge in [-0.05, 0) is 6.92 Å². The van der Waals surface area contributed by atoms with Gasteiger partial charge in [0.05, 0.1) is 19.8 Å². The molecule has 0 spiro atoms. The Morgan fingerprint density at radius 3 is 2.95 bits per heavy atom. The number of rotatable bonds is 3. The quantitative estimate of drug-likeness (QED) is 0.709. The smallest absolute Gasteiger partial charge is 0.325 e. The maximum atomic E-state index is 12.5. The number of hydrogen-bond donors (Lipinski definition) is 2. The Bertz CT molecular complexity index is 597. The Morgan fingerprint density at radius 2 is 2.32 bits per heavy atom. The Labute approximate surface area is 126 Å². The Kier molecular flexibility index (Phi) is 3.80. The molecule has 2 fully saturated rings. The largest absolute Gasteiger partial charge is 0.377 e. The fourth-order valence-corrected chi connectivity index (χ4v) is 2.57. The molecular weight excluding hydrogens is 290 g/mol. The molecule has 1 aromatic rings. The number of imide groups is 1. The number of urea groups is 1. The summed E-state index contributed by atoms with van der Waals surface area (Å²) in [6.45, 7) is 2.70. The number of morpholine rings is 1. The van der Waals surface area contributed by atoms with Gasteiger partial charge in [-0.1, -0.05) is 0 Å². The Morgan fingerprint density at radius 1 is 1.50 bits per heavy atom. The number of imidazole rings is 1. The molecule has 118 valence electrons. The lowest BCUT2D eigenvalue weighted by atomic mass is 10.2. The van der Waals surface area contributed by atoms with Crippen molar-refractivity contribution in [2.75, 3.05) is 32.8 Å². The molecule has 1 atom stereocenters. The average Bonchev–Trinajstić information content (AvgIpc) is 3.08. The van der Waals surface area contributed by atoms with Crippen LogP contribution in [0.25, 0.3) is 0 Å². The molecular formula is C13H17N5O4. The SMILES string of the molecule is Cc1cnc([C@H]2COCCN2C(=O)CN2C(=O)CNC2=O)[nH]1. The van der Waals surface area contributed by atoms with Crippen LogP contribution in [0.4, 0.5) is 4.79 Å². The van der Waals surface area contributed by atoms with Crippen molar-refractivity contribution in [3.8, 4) is 0 Å². The summed E-state index contributed by atoms with van der Waals surface area (Å²) in [5, 5.41) is 2.40. The van der Waals surface area contributed by atoms with Gasteiger partial charge < -0.3 is 19.9 Å². The molecule has 0 aromatic carbocycles.